The number of benzene rings is 1. The zero-order chi connectivity index (χ0) is 29.9. The summed E-state index contributed by atoms with van der Waals surface area (Å²) in [7, 11) is 0. The minimum atomic E-state index is -1.62. The summed E-state index contributed by atoms with van der Waals surface area (Å²) in [5, 5.41) is 0. The second kappa shape index (κ2) is 10.3. The van der Waals surface area contributed by atoms with Crippen molar-refractivity contribution < 1.29 is 42.9 Å². The van der Waals surface area contributed by atoms with E-state index in [0.29, 0.717) is 36.0 Å². The van der Waals surface area contributed by atoms with E-state index in [4.69, 9.17) is 23.7 Å². The minimum absolute atomic E-state index is 0.0224. The predicted molar refractivity (Wildman–Crippen MR) is 147 cm³/mol. The third-order valence-electron chi connectivity index (χ3n) is 9.60. The molecule has 1 aromatic carbocycles. The van der Waals surface area contributed by atoms with E-state index in [-0.39, 0.29) is 29.5 Å². The Hall–Kier alpha value is -3.20. The molecule has 0 bridgehead atoms. The summed E-state index contributed by atoms with van der Waals surface area (Å²) in [6.07, 6.45) is 2.17. The Kier molecular flexibility index (Phi) is 7.33. The van der Waals surface area contributed by atoms with Crippen molar-refractivity contribution in [3.8, 4) is 11.5 Å². The molecule has 1 saturated heterocycles. The molecule has 0 amide bonds. The number of hydrogen-bond acceptors (Lipinski definition) is 9. The maximum atomic E-state index is 14.5. The SMILES string of the molecule is CC(=O)Oc1ccc(O[C@@H]2[C@@H]3[C@H](OC(C)=O)[C@@]4(CC[C@H]5[C@@H](/C=C(\C)C(=O)[C@@]3(OC(C)=O)C[C@@H]2C)C5(C)C)CO4)cc1. The number of epoxide rings is 1. The van der Waals surface area contributed by atoms with Crippen molar-refractivity contribution in [3.63, 3.8) is 0 Å². The molecule has 9 nitrogen and oxygen atoms in total. The van der Waals surface area contributed by atoms with Crippen molar-refractivity contribution in [2.24, 2.45) is 29.1 Å². The van der Waals surface area contributed by atoms with Crippen LogP contribution in [-0.2, 0) is 33.4 Å². The van der Waals surface area contributed by atoms with Gasteiger partial charge in [0.25, 0.3) is 0 Å². The van der Waals surface area contributed by atoms with Crippen molar-refractivity contribution >= 4 is 23.7 Å². The lowest BCUT2D eigenvalue weighted by atomic mass is 9.74. The van der Waals surface area contributed by atoms with Crippen LogP contribution >= 0.6 is 0 Å². The van der Waals surface area contributed by atoms with E-state index in [9.17, 15) is 19.2 Å². The molecular weight excluding hydrogens is 528 g/mol. The zero-order valence-corrected chi connectivity index (χ0v) is 24.9. The molecule has 0 N–H and O–H groups in total. The van der Waals surface area contributed by atoms with E-state index >= 15 is 0 Å². The summed E-state index contributed by atoms with van der Waals surface area (Å²) >= 11 is 0. The predicted octanol–water partition coefficient (Wildman–Crippen LogP) is 4.60. The Morgan fingerprint density at radius 3 is 2.17 bits per heavy atom. The van der Waals surface area contributed by atoms with Crippen molar-refractivity contribution in [1.29, 1.82) is 0 Å². The van der Waals surface area contributed by atoms with Gasteiger partial charge in [0.05, 0.1) is 12.5 Å². The van der Waals surface area contributed by atoms with E-state index in [2.05, 4.69) is 13.8 Å². The Morgan fingerprint density at radius 1 is 0.976 bits per heavy atom. The third kappa shape index (κ3) is 5.29. The number of carbonyl (C=O) groups is 4. The lowest BCUT2D eigenvalue weighted by Gasteiger charge is -2.41. The molecule has 0 radical (unpaired) electrons. The van der Waals surface area contributed by atoms with Crippen molar-refractivity contribution in [1.82, 2.24) is 0 Å². The van der Waals surface area contributed by atoms with Crippen LogP contribution in [0.15, 0.2) is 35.9 Å². The first-order valence-electron chi connectivity index (χ1n) is 14.4. The molecule has 9 heteroatoms. The first-order chi connectivity index (χ1) is 19.2. The van der Waals surface area contributed by atoms with Gasteiger partial charge in [-0.3, -0.25) is 19.2 Å². The highest BCUT2D eigenvalue weighted by Crippen LogP contribution is 2.64. The lowest BCUT2D eigenvalue weighted by Crippen LogP contribution is -2.58. The Labute approximate surface area is 240 Å². The monoisotopic (exact) mass is 568 g/mol. The zero-order valence-electron chi connectivity index (χ0n) is 24.9. The molecule has 2 saturated carbocycles. The maximum absolute atomic E-state index is 14.5. The van der Waals surface area contributed by atoms with Gasteiger partial charge in [-0.15, -0.1) is 0 Å². The quantitative estimate of drug-likeness (QED) is 0.285. The molecule has 3 aliphatic carbocycles. The van der Waals surface area contributed by atoms with Crippen molar-refractivity contribution in [3.05, 3.63) is 35.9 Å². The summed E-state index contributed by atoms with van der Waals surface area (Å²) < 4.78 is 30.0. The topological polar surface area (TPSA) is 118 Å². The first-order valence-corrected chi connectivity index (χ1v) is 14.4. The normalized spacial score (nSPS) is 38.3. The van der Waals surface area contributed by atoms with E-state index in [1.54, 1.807) is 31.2 Å². The lowest BCUT2D eigenvalue weighted by molar-refractivity contribution is -0.185. The number of ether oxygens (including phenoxy) is 5. The van der Waals surface area contributed by atoms with Gasteiger partial charge in [-0.05, 0) is 72.8 Å². The molecule has 1 aliphatic heterocycles. The van der Waals surface area contributed by atoms with Crippen LogP contribution in [0.2, 0.25) is 0 Å². The summed E-state index contributed by atoms with van der Waals surface area (Å²) in [4.78, 5) is 51.1. The van der Waals surface area contributed by atoms with Gasteiger partial charge in [-0.2, -0.15) is 0 Å². The molecule has 3 fully saturated rings. The fourth-order valence-corrected chi connectivity index (χ4v) is 7.50. The molecule has 1 spiro atoms. The molecule has 8 atom stereocenters. The third-order valence-corrected chi connectivity index (χ3v) is 9.60. The highest BCUT2D eigenvalue weighted by molar-refractivity contribution is 6.03. The molecule has 0 aromatic heterocycles. The number of rotatable bonds is 5. The molecule has 1 heterocycles. The minimum Gasteiger partial charge on any atom is -0.490 e. The van der Waals surface area contributed by atoms with Crippen LogP contribution < -0.4 is 9.47 Å². The van der Waals surface area contributed by atoms with Gasteiger partial charge in [0, 0.05) is 27.2 Å². The molecular formula is C32H40O9. The number of carbonyl (C=O) groups excluding carboxylic acids is 4. The average molecular weight is 569 g/mol. The van der Waals surface area contributed by atoms with Gasteiger partial charge >= 0.3 is 17.9 Å². The molecule has 1 aromatic rings. The van der Waals surface area contributed by atoms with Crippen LogP contribution in [0.25, 0.3) is 0 Å². The average Bonchev–Trinajstić information content (AvgIpc) is 3.73. The van der Waals surface area contributed by atoms with E-state index in [0.717, 1.165) is 6.42 Å². The highest BCUT2D eigenvalue weighted by Gasteiger charge is 2.71. The van der Waals surface area contributed by atoms with Gasteiger partial charge in [-0.25, -0.2) is 0 Å². The van der Waals surface area contributed by atoms with Gasteiger partial charge < -0.3 is 23.7 Å². The van der Waals surface area contributed by atoms with Gasteiger partial charge in [0.2, 0.25) is 5.78 Å². The van der Waals surface area contributed by atoms with Crippen LogP contribution in [0.5, 0.6) is 11.5 Å². The van der Waals surface area contributed by atoms with Crippen molar-refractivity contribution in [2.75, 3.05) is 6.61 Å². The Bertz CT molecular complexity index is 1270. The fraction of sp³-hybridized carbons (Fsp3) is 0.625. The smallest absolute Gasteiger partial charge is 0.308 e. The van der Waals surface area contributed by atoms with Crippen LogP contribution in [0.4, 0.5) is 0 Å². The number of ketones is 1. The summed E-state index contributed by atoms with van der Waals surface area (Å²) in [6, 6.07) is 6.59. The summed E-state index contributed by atoms with van der Waals surface area (Å²) in [5.74, 6) is -1.52. The molecule has 5 rings (SSSR count). The van der Waals surface area contributed by atoms with Gasteiger partial charge in [-0.1, -0.05) is 26.8 Å². The number of hydrogen-bond donors (Lipinski definition) is 0. The highest BCUT2D eigenvalue weighted by atomic mass is 16.6. The van der Waals surface area contributed by atoms with Crippen LogP contribution in [0.1, 0.15) is 67.7 Å². The van der Waals surface area contributed by atoms with Gasteiger partial charge in [0.1, 0.15) is 29.3 Å². The number of fused-ring (bicyclic) bond motifs is 2. The van der Waals surface area contributed by atoms with Crippen LogP contribution in [0, 0.1) is 29.1 Å². The Balaban J connectivity index is 1.62. The molecule has 41 heavy (non-hydrogen) atoms. The van der Waals surface area contributed by atoms with Crippen LogP contribution in [-0.4, -0.2) is 53.7 Å². The summed E-state index contributed by atoms with van der Waals surface area (Å²) in [5.41, 5.74) is -1.88. The van der Waals surface area contributed by atoms with Crippen LogP contribution in [0.3, 0.4) is 0 Å². The van der Waals surface area contributed by atoms with E-state index < -0.39 is 47.2 Å². The second-order valence-electron chi connectivity index (χ2n) is 12.9. The molecule has 4 aliphatic rings. The van der Waals surface area contributed by atoms with E-state index in [1.165, 1.54) is 20.8 Å². The number of esters is 3. The number of Topliss-reactive ketones (excluding diaryl/α,β-unsaturated/α-hetero) is 1. The van der Waals surface area contributed by atoms with Crippen molar-refractivity contribution in [2.45, 2.75) is 91.1 Å². The number of allylic oxidation sites excluding steroid dienone is 1. The standard InChI is InChI=1S/C32H40O9/c1-17-14-25-24(30(25,6)7)12-13-31(16-37-31)29(39-20(4)34)26-27(18(2)15-32(26,28(17)36)41-21(5)35)40-23-10-8-22(9-11-23)38-19(3)33/h8-11,14,18,24-27,29H,12-13,15-16H2,1-7H3/b17-14+/t18-,24-,25+,26+,27-,29-,31+,32+/m0/s1. The maximum Gasteiger partial charge on any atom is 0.308 e. The fourth-order valence-electron chi connectivity index (χ4n) is 7.50. The largest absolute Gasteiger partial charge is 0.490 e. The van der Waals surface area contributed by atoms with Gasteiger partial charge in [0.15, 0.2) is 5.60 Å². The van der Waals surface area contributed by atoms with E-state index in [1.807, 2.05) is 13.0 Å². The second-order valence-corrected chi connectivity index (χ2v) is 12.9. The molecule has 0 unspecified atom stereocenters. The first kappa shape index (κ1) is 29.3. The summed E-state index contributed by atoms with van der Waals surface area (Å²) in [6.45, 7) is 12.4. The Morgan fingerprint density at radius 2 is 1.61 bits per heavy atom. The molecule has 222 valence electrons.